The van der Waals surface area contributed by atoms with Crippen molar-refractivity contribution in [3.63, 3.8) is 0 Å². The Morgan fingerprint density at radius 3 is 2.76 bits per heavy atom. The molecule has 2 unspecified atom stereocenters. The number of carbonyl (C=O) groups excluding carboxylic acids is 1. The summed E-state index contributed by atoms with van der Waals surface area (Å²) in [6, 6.07) is -0.538. The van der Waals surface area contributed by atoms with E-state index in [1.165, 1.54) is 39.2 Å². The van der Waals surface area contributed by atoms with Gasteiger partial charge in [-0.3, -0.25) is 4.79 Å². The lowest BCUT2D eigenvalue weighted by Crippen LogP contribution is -2.37. The molecule has 17 heavy (non-hydrogen) atoms. The van der Waals surface area contributed by atoms with Gasteiger partial charge in [0, 0.05) is 0 Å². The van der Waals surface area contributed by atoms with Crippen molar-refractivity contribution in [2.45, 2.75) is 69.1 Å². The van der Waals surface area contributed by atoms with Gasteiger partial charge in [-0.15, -0.1) is 0 Å². The Kier molecular flexibility index (Phi) is 4.05. The second-order valence-corrected chi connectivity index (χ2v) is 5.39. The van der Waals surface area contributed by atoms with Crippen LogP contribution in [0.25, 0.3) is 0 Å². The predicted octanol–water partition coefficient (Wildman–Crippen LogP) is 1.76. The molecule has 1 spiro atoms. The van der Waals surface area contributed by atoms with Crippen molar-refractivity contribution in [2.24, 2.45) is 5.73 Å². The fourth-order valence-corrected chi connectivity index (χ4v) is 3.16. The highest BCUT2D eigenvalue weighted by Crippen LogP contribution is 2.42. The minimum absolute atomic E-state index is 0.110. The Hall–Kier alpha value is -0.610. The van der Waals surface area contributed by atoms with Crippen LogP contribution in [0.4, 0.5) is 0 Å². The number of esters is 1. The van der Waals surface area contributed by atoms with Crippen LogP contribution < -0.4 is 5.73 Å². The van der Waals surface area contributed by atoms with E-state index in [4.69, 9.17) is 10.5 Å². The maximum Gasteiger partial charge on any atom is 0.322 e. The summed E-state index contributed by atoms with van der Waals surface area (Å²) < 4.78 is 10.8. The van der Waals surface area contributed by atoms with Gasteiger partial charge in [0.2, 0.25) is 0 Å². The smallest absolute Gasteiger partial charge is 0.322 e. The minimum atomic E-state index is -0.538. The average Bonchev–Trinajstić information content (AvgIpc) is 2.72. The Morgan fingerprint density at radius 1 is 1.41 bits per heavy atom. The van der Waals surface area contributed by atoms with Gasteiger partial charge in [0.05, 0.1) is 18.8 Å². The average molecular weight is 241 g/mol. The maximum absolute atomic E-state index is 11.3. The molecule has 2 N–H and O–H groups in total. The number of nitrogens with two attached hydrogens (primary N) is 1. The predicted molar refractivity (Wildman–Crippen MR) is 64.5 cm³/mol. The van der Waals surface area contributed by atoms with Gasteiger partial charge in [0.1, 0.15) is 6.04 Å². The molecule has 2 atom stereocenters. The summed E-state index contributed by atoms with van der Waals surface area (Å²) in [7, 11) is 1.38. The van der Waals surface area contributed by atoms with Crippen molar-refractivity contribution >= 4 is 5.97 Å². The van der Waals surface area contributed by atoms with Crippen molar-refractivity contribution in [1.82, 2.24) is 0 Å². The molecule has 1 saturated carbocycles. The Morgan fingerprint density at radius 2 is 2.12 bits per heavy atom. The first-order chi connectivity index (χ1) is 8.15. The molecule has 0 aromatic carbocycles. The molecule has 0 aromatic rings. The third-order valence-electron chi connectivity index (χ3n) is 4.12. The quantitative estimate of drug-likeness (QED) is 0.765. The summed E-state index contributed by atoms with van der Waals surface area (Å²) in [6.45, 7) is 0. The number of hydrogen-bond acceptors (Lipinski definition) is 4. The van der Waals surface area contributed by atoms with Crippen LogP contribution in [0.5, 0.6) is 0 Å². The molecule has 0 amide bonds. The lowest BCUT2D eigenvalue weighted by Gasteiger charge is -2.33. The molecule has 0 radical (unpaired) electrons. The van der Waals surface area contributed by atoms with E-state index in [1.54, 1.807) is 0 Å². The van der Waals surface area contributed by atoms with Crippen LogP contribution in [0.3, 0.4) is 0 Å². The van der Waals surface area contributed by atoms with E-state index < -0.39 is 6.04 Å². The molecule has 1 saturated heterocycles. The highest BCUT2D eigenvalue weighted by Gasteiger charge is 2.41. The van der Waals surface area contributed by atoms with E-state index in [-0.39, 0.29) is 17.7 Å². The first kappa shape index (κ1) is 12.8. The SMILES string of the molecule is COC(=O)C(N)CC1CCC2(CCCCC2)O1. The van der Waals surface area contributed by atoms with Crippen LogP contribution in [0.1, 0.15) is 51.4 Å². The van der Waals surface area contributed by atoms with Gasteiger partial charge in [0.25, 0.3) is 0 Å². The molecule has 1 aliphatic heterocycles. The van der Waals surface area contributed by atoms with Crippen molar-refractivity contribution in [3.8, 4) is 0 Å². The number of ether oxygens (including phenoxy) is 2. The lowest BCUT2D eigenvalue weighted by atomic mass is 9.83. The Balaban J connectivity index is 1.83. The van der Waals surface area contributed by atoms with Crippen molar-refractivity contribution in [1.29, 1.82) is 0 Å². The topological polar surface area (TPSA) is 61.5 Å². The second-order valence-electron chi connectivity index (χ2n) is 5.39. The van der Waals surface area contributed by atoms with E-state index in [1.807, 2.05) is 0 Å². The van der Waals surface area contributed by atoms with E-state index in [9.17, 15) is 4.79 Å². The van der Waals surface area contributed by atoms with Crippen LogP contribution in [-0.2, 0) is 14.3 Å². The molecule has 0 aromatic heterocycles. The summed E-state index contributed by atoms with van der Waals surface area (Å²) in [4.78, 5) is 11.3. The highest BCUT2D eigenvalue weighted by atomic mass is 16.5. The minimum Gasteiger partial charge on any atom is -0.468 e. The zero-order chi connectivity index (χ0) is 12.3. The van der Waals surface area contributed by atoms with Crippen LogP contribution >= 0.6 is 0 Å². The van der Waals surface area contributed by atoms with Crippen LogP contribution in [0, 0.1) is 0 Å². The molecule has 2 rings (SSSR count). The largest absolute Gasteiger partial charge is 0.468 e. The van der Waals surface area contributed by atoms with Crippen molar-refractivity contribution in [2.75, 3.05) is 7.11 Å². The first-order valence-electron chi connectivity index (χ1n) is 6.66. The molecular formula is C13H23NO3. The van der Waals surface area contributed by atoms with Gasteiger partial charge in [0.15, 0.2) is 0 Å². The standard InChI is InChI=1S/C13H23NO3/c1-16-12(15)11(14)9-10-5-8-13(17-10)6-3-2-4-7-13/h10-11H,2-9,14H2,1H3. The molecule has 98 valence electrons. The third-order valence-corrected chi connectivity index (χ3v) is 4.12. The normalized spacial score (nSPS) is 29.2. The monoisotopic (exact) mass is 241 g/mol. The number of carbonyl (C=O) groups is 1. The van der Waals surface area contributed by atoms with Gasteiger partial charge >= 0.3 is 5.97 Å². The van der Waals surface area contributed by atoms with Crippen LogP contribution in [-0.4, -0.2) is 30.8 Å². The van der Waals surface area contributed by atoms with E-state index in [0.717, 1.165) is 12.8 Å². The highest BCUT2D eigenvalue weighted by molar-refractivity contribution is 5.75. The van der Waals surface area contributed by atoms with E-state index in [0.29, 0.717) is 6.42 Å². The molecule has 1 aliphatic carbocycles. The number of methoxy groups -OCH3 is 1. The molecule has 4 nitrogen and oxygen atoms in total. The first-order valence-corrected chi connectivity index (χ1v) is 6.66. The second kappa shape index (κ2) is 5.36. The molecule has 0 bridgehead atoms. The molecule has 2 fully saturated rings. The summed E-state index contributed by atoms with van der Waals surface area (Å²) in [5, 5.41) is 0. The van der Waals surface area contributed by atoms with Gasteiger partial charge in [-0.05, 0) is 32.1 Å². The Bertz CT molecular complexity index is 274. The maximum atomic E-state index is 11.3. The summed E-state index contributed by atoms with van der Waals surface area (Å²) in [6.07, 6.45) is 9.13. The van der Waals surface area contributed by atoms with Crippen LogP contribution in [0.15, 0.2) is 0 Å². The van der Waals surface area contributed by atoms with E-state index >= 15 is 0 Å². The van der Waals surface area contributed by atoms with Gasteiger partial charge in [-0.1, -0.05) is 19.3 Å². The molecular weight excluding hydrogens is 218 g/mol. The van der Waals surface area contributed by atoms with E-state index in [2.05, 4.69) is 4.74 Å². The summed E-state index contributed by atoms with van der Waals surface area (Å²) >= 11 is 0. The molecule has 1 heterocycles. The summed E-state index contributed by atoms with van der Waals surface area (Å²) in [5.41, 5.74) is 5.88. The zero-order valence-corrected chi connectivity index (χ0v) is 10.6. The fourth-order valence-electron chi connectivity index (χ4n) is 3.16. The lowest BCUT2D eigenvalue weighted by molar-refractivity contribution is -0.143. The number of rotatable bonds is 3. The van der Waals surface area contributed by atoms with Crippen molar-refractivity contribution in [3.05, 3.63) is 0 Å². The number of hydrogen-bond donors (Lipinski definition) is 1. The molecule has 2 aliphatic rings. The van der Waals surface area contributed by atoms with Crippen LogP contribution in [0.2, 0.25) is 0 Å². The molecule has 4 heteroatoms. The van der Waals surface area contributed by atoms with Gasteiger partial charge in [-0.2, -0.15) is 0 Å². The van der Waals surface area contributed by atoms with Gasteiger partial charge < -0.3 is 15.2 Å². The zero-order valence-electron chi connectivity index (χ0n) is 10.6. The van der Waals surface area contributed by atoms with Gasteiger partial charge in [-0.25, -0.2) is 0 Å². The van der Waals surface area contributed by atoms with Crippen molar-refractivity contribution < 1.29 is 14.3 Å². The third kappa shape index (κ3) is 2.99. The fraction of sp³-hybridized carbons (Fsp3) is 0.923. The summed E-state index contributed by atoms with van der Waals surface area (Å²) in [5.74, 6) is -0.335. The Labute approximate surface area is 103 Å².